The Hall–Kier alpha value is -3.12. The van der Waals surface area contributed by atoms with Crippen LogP contribution in [0.25, 0.3) is 0 Å². The molecule has 208 valence electrons. The molecule has 0 unspecified atom stereocenters. The fourth-order valence-corrected chi connectivity index (χ4v) is 6.72. The lowest BCUT2D eigenvalue weighted by Gasteiger charge is -2.22. The van der Waals surface area contributed by atoms with Gasteiger partial charge in [-0.25, -0.2) is 18.1 Å². The molecule has 1 aliphatic heterocycles. The number of hydrogen-bond donors (Lipinski definition) is 4. The van der Waals surface area contributed by atoms with Gasteiger partial charge in [0.2, 0.25) is 16.0 Å². The molecule has 39 heavy (non-hydrogen) atoms. The Morgan fingerprint density at radius 1 is 1.05 bits per heavy atom. The summed E-state index contributed by atoms with van der Waals surface area (Å²) < 4.78 is 29.1. The van der Waals surface area contributed by atoms with Crippen LogP contribution in [0.4, 0.5) is 28.8 Å². The number of phenolic OH excluding ortho intramolecular Hbond substituents is 1. The minimum absolute atomic E-state index is 0.0551. The maximum Gasteiger partial charge on any atom is 0.242 e. The van der Waals surface area contributed by atoms with Gasteiger partial charge < -0.3 is 25.5 Å². The highest BCUT2D eigenvalue weighted by Crippen LogP contribution is 2.34. The van der Waals surface area contributed by atoms with Crippen molar-refractivity contribution in [3.8, 4) is 5.75 Å². The van der Waals surface area contributed by atoms with Gasteiger partial charge in [0.15, 0.2) is 5.82 Å². The number of para-hydroxylation sites is 1. The van der Waals surface area contributed by atoms with Crippen LogP contribution in [0.1, 0.15) is 32.1 Å². The number of aromatic hydroxyl groups is 1. The molecule has 1 saturated heterocycles. The first kappa shape index (κ1) is 27.4. The number of hydrogen-bond acceptors (Lipinski definition) is 9. The van der Waals surface area contributed by atoms with Crippen LogP contribution >= 0.6 is 11.6 Å². The van der Waals surface area contributed by atoms with Crippen molar-refractivity contribution in [1.82, 2.24) is 19.6 Å². The first-order valence-electron chi connectivity index (χ1n) is 13.1. The van der Waals surface area contributed by atoms with Gasteiger partial charge >= 0.3 is 0 Å². The normalized spacial score (nSPS) is 18.2. The van der Waals surface area contributed by atoms with Crippen LogP contribution in [-0.4, -0.2) is 67.7 Å². The second kappa shape index (κ2) is 11.5. The summed E-state index contributed by atoms with van der Waals surface area (Å²) >= 11 is 6.37. The standard InChI is InChI=1S/C27H34ClN7O3S/c1-34(2)20-13-14-35(17-20)19-11-12-22(24(36)15-19)31-27-29-16-21(28)26(32-27)30-23-9-5-6-10-25(23)39(37,38)33-18-7-3-4-8-18/h5-6,9-12,15-16,18,20,33,36H,3-4,7-8,13-14,17H2,1-2H3,(H2,29,30,31,32)/t20-/m0/s1. The van der Waals surface area contributed by atoms with Crippen molar-refractivity contribution >= 4 is 50.5 Å². The molecule has 0 bridgehead atoms. The van der Waals surface area contributed by atoms with Crippen molar-refractivity contribution < 1.29 is 13.5 Å². The topological polar surface area (TPSA) is 123 Å². The van der Waals surface area contributed by atoms with Crippen LogP contribution in [0.5, 0.6) is 5.75 Å². The van der Waals surface area contributed by atoms with Gasteiger partial charge in [0.25, 0.3) is 0 Å². The minimum Gasteiger partial charge on any atom is -0.506 e. The second-order valence-corrected chi connectivity index (χ2v) is 12.4. The van der Waals surface area contributed by atoms with E-state index in [2.05, 4.69) is 49.2 Å². The molecule has 3 aromatic rings. The predicted octanol–water partition coefficient (Wildman–Crippen LogP) is 4.68. The summed E-state index contributed by atoms with van der Waals surface area (Å²) in [6, 6.07) is 12.5. The minimum atomic E-state index is -3.75. The summed E-state index contributed by atoms with van der Waals surface area (Å²) in [5.41, 5.74) is 1.74. The van der Waals surface area contributed by atoms with Crippen molar-refractivity contribution in [2.45, 2.75) is 49.1 Å². The molecule has 5 rings (SSSR count). The summed E-state index contributed by atoms with van der Waals surface area (Å²) in [5, 5.41) is 17.0. The molecule has 1 atom stereocenters. The Labute approximate surface area is 234 Å². The number of sulfonamides is 1. The number of aromatic nitrogens is 2. The van der Waals surface area contributed by atoms with E-state index in [0.717, 1.165) is 50.9 Å². The highest BCUT2D eigenvalue weighted by molar-refractivity contribution is 7.89. The number of nitrogens with one attached hydrogen (secondary N) is 3. The number of phenols is 1. The number of halogens is 1. The van der Waals surface area contributed by atoms with E-state index in [4.69, 9.17) is 11.6 Å². The van der Waals surface area contributed by atoms with Gasteiger partial charge in [-0.2, -0.15) is 4.98 Å². The second-order valence-electron chi connectivity index (χ2n) is 10.3. The van der Waals surface area contributed by atoms with E-state index in [0.29, 0.717) is 17.4 Å². The van der Waals surface area contributed by atoms with Gasteiger partial charge in [-0.05, 0) is 57.6 Å². The fraction of sp³-hybridized carbons (Fsp3) is 0.407. The van der Waals surface area contributed by atoms with E-state index < -0.39 is 10.0 Å². The summed E-state index contributed by atoms with van der Waals surface area (Å²) in [6.45, 7) is 1.83. The lowest BCUT2D eigenvalue weighted by atomic mass is 10.2. The van der Waals surface area contributed by atoms with Crippen LogP contribution in [0.3, 0.4) is 0 Å². The van der Waals surface area contributed by atoms with Crippen molar-refractivity contribution in [2.75, 3.05) is 42.7 Å². The Balaban J connectivity index is 1.32. The summed E-state index contributed by atoms with van der Waals surface area (Å²) in [5.74, 6) is 0.507. The molecule has 0 radical (unpaired) electrons. The zero-order valence-corrected chi connectivity index (χ0v) is 23.6. The molecule has 2 aliphatic rings. The molecule has 0 spiro atoms. The molecule has 2 heterocycles. The molecular weight excluding hydrogens is 538 g/mol. The quantitative estimate of drug-likeness (QED) is 0.271. The maximum absolute atomic E-state index is 13.1. The molecule has 1 saturated carbocycles. The Kier molecular flexibility index (Phi) is 8.13. The van der Waals surface area contributed by atoms with Crippen LogP contribution in [0.15, 0.2) is 53.6 Å². The Bertz CT molecular complexity index is 1430. The van der Waals surface area contributed by atoms with E-state index in [9.17, 15) is 13.5 Å². The predicted molar refractivity (Wildman–Crippen MR) is 155 cm³/mol. The van der Waals surface area contributed by atoms with Crippen molar-refractivity contribution in [2.24, 2.45) is 0 Å². The number of anilines is 5. The van der Waals surface area contributed by atoms with Gasteiger partial charge in [-0.15, -0.1) is 0 Å². The van der Waals surface area contributed by atoms with E-state index >= 15 is 0 Å². The third-order valence-electron chi connectivity index (χ3n) is 7.34. The summed E-state index contributed by atoms with van der Waals surface area (Å²) in [6.07, 6.45) is 6.21. The molecule has 0 amide bonds. The first-order chi connectivity index (χ1) is 18.7. The summed E-state index contributed by atoms with van der Waals surface area (Å²) in [7, 11) is 0.419. The van der Waals surface area contributed by atoms with Gasteiger partial charge in [0.1, 0.15) is 15.7 Å². The van der Waals surface area contributed by atoms with E-state index in [1.54, 1.807) is 36.4 Å². The fourth-order valence-electron chi connectivity index (χ4n) is 5.11. The zero-order valence-electron chi connectivity index (χ0n) is 22.1. The molecule has 1 aromatic heterocycles. The SMILES string of the molecule is CN(C)[C@H]1CCN(c2ccc(Nc3ncc(Cl)c(Nc4ccccc4S(=O)(=O)NC4CCCC4)n3)c(O)c2)C1. The lowest BCUT2D eigenvalue weighted by Crippen LogP contribution is -2.33. The van der Waals surface area contributed by atoms with Gasteiger partial charge in [0, 0.05) is 36.9 Å². The Morgan fingerprint density at radius 3 is 2.54 bits per heavy atom. The van der Waals surface area contributed by atoms with Crippen LogP contribution in [0, 0.1) is 0 Å². The van der Waals surface area contributed by atoms with Crippen molar-refractivity contribution in [1.29, 1.82) is 0 Å². The van der Waals surface area contributed by atoms with Gasteiger partial charge in [0.05, 0.1) is 17.6 Å². The molecule has 1 aliphatic carbocycles. The highest BCUT2D eigenvalue weighted by Gasteiger charge is 2.26. The molecule has 2 fully saturated rings. The Morgan fingerprint density at radius 2 is 1.82 bits per heavy atom. The van der Waals surface area contributed by atoms with Crippen LogP contribution < -0.4 is 20.3 Å². The largest absolute Gasteiger partial charge is 0.506 e. The molecule has 2 aromatic carbocycles. The van der Waals surface area contributed by atoms with Crippen LogP contribution in [-0.2, 0) is 10.0 Å². The monoisotopic (exact) mass is 571 g/mol. The van der Waals surface area contributed by atoms with Crippen molar-refractivity contribution in [3.63, 3.8) is 0 Å². The molecule has 10 nitrogen and oxygen atoms in total. The van der Waals surface area contributed by atoms with Gasteiger partial charge in [-0.1, -0.05) is 36.6 Å². The molecule has 12 heteroatoms. The number of benzene rings is 2. The van der Waals surface area contributed by atoms with E-state index in [1.807, 2.05) is 6.07 Å². The summed E-state index contributed by atoms with van der Waals surface area (Å²) in [4.78, 5) is 13.3. The molecular formula is C27H34ClN7O3S. The highest BCUT2D eigenvalue weighted by atomic mass is 35.5. The van der Waals surface area contributed by atoms with Gasteiger partial charge in [-0.3, -0.25) is 0 Å². The number of likely N-dealkylation sites (N-methyl/N-ethyl adjacent to an activating group) is 1. The van der Waals surface area contributed by atoms with Crippen LogP contribution in [0.2, 0.25) is 5.02 Å². The third-order valence-corrected chi connectivity index (χ3v) is 9.19. The third kappa shape index (κ3) is 6.38. The molecule has 4 N–H and O–H groups in total. The van der Waals surface area contributed by atoms with E-state index in [1.165, 1.54) is 6.20 Å². The average Bonchev–Trinajstić information content (AvgIpc) is 3.60. The van der Waals surface area contributed by atoms with Crippen molar-refractivity contribution in [3.05, 3.63) is 53.7 Å². The lowest BCUT2D eigenvalue weighted by molar-refractivity contribution is 0.315. The average molecular weight is 572 g/mol. The first-order valence-corrected chi connectivity index (χ1v) is 15.0. The maximum atomic E-state index is 13.1. The van der Waals surface area contributed by atoms with E-state index in [-0.39, 0.29) is 33.5 Å². The number of nitrogens with zero attached hydrogens (tertiary/aromatic N) is 4. The zero-order chi connectivity index (χ0) is 27.6. The smallest absolute Gasteiger partial charge is 0.242 e. The number of rotatable bonds is 9.